The molecule has 1 atom stereocenters. The van der Waals surface area contributed by atoms with Crippen LogP contribution in [0.5, 0.6) is 0 Å². The molecule has 6 nitrogen and oxygen atoms in total. The highest BCUT2D eigenvalue weighted by atomic mass is 28.4. The zero-order valence-electron chi connectivity index (χ0n) is 21.7. The van der Waals surface area contributed by atoms with Gasteiger partial charge in [0.2, 0.25) is 0 Å². The van der Waals surface area contributed by atoms with Gasteiger partial charge in [-0.05, 0) is 78.6 Å². The maximum absolute atomic E-state index is 12.4. The minimum atomic E-state index is -2.65. The van der Waals surface area contributed by atoms with Gasteiger partial charge in [-0.25, -0.2) is 4.79 Å². The van der Waals surface area contributed by atoms with E-state index in [1.807, 2.05) is 20.8 Å². The summed E-state index contributed by atoms with van der Waals surface area (Å²) in [6.07, 6.45) is 20.7. The fourth-order valence-electron chi connectivity index (χ4n) is 4.34. The van der Waals surface area contributed by atoms with Crippen molar-refractivity contribution in [3.63, 3.8) is 0 Å². The summed E-state index contributed by atoms with van der Waals surface area (Å²) in [4.78, 5) is 12.4. The molecule has 0 saturated carbocycles. The van der Waals surface area contributed by atoms with E-state index in [2.05, 4.69) is 17.5 Å². The molecular formula is C26H51NO5Si. The fourth-order valence-corrected chi connectivity index (χ4v) is 6.95. The van der Waals surface area contributed by atoms with Crippen LogP contribution in [0.4, 0.5) is 4.79 Å². The van der Waals surface area contributed by atoms with Crippen LogP contribution in [0.1, 0.15) is 111 Å². The van der Waals surface area contributed by atoms with Gasteiger partial charge in [-0.1, -0.05) is 44.3 Å². The van der Waals surface area contributed by atoms with Gasteiger partial charge in [0.25, 0.3) is 0 Å². The summed E-state index contributed by atoms with van der Waals surface area (Å²) in [5.74, 6) is 0. The lowest BCUT2D eigenvalue weighted by molar-refractivity contribution is 0.0697. The number of hydrogen-bond acceptors (Lipinski definition) is 5. The van der Waals surface area contributed by atoms with Crippen LogP contribution < -0.4 is 5.32 Å². The maximum atomic E-state index is 12.4. The van der Waals surface area contributed by atoms with Crippen molar-refractivity contribution in [3.8, 4) is 0 Å². The summed E-state index contributed by atoms with van der Waals surface area (Å²) in [6, 6.07) is 0.696. The van der Waals surface area contributed by atoms with Crippen LogP contribution in [0, 0.1) is 0 Å². The summed E-state index contributed by atoms with van der Waals surface area (Å²) in [7, 11) is -2.65. The number of carbonyl (C=O) groups excluding carboxylic acids is 1. The van der Waals surface area contributed by atoms with Gasteiger partial charge in [-0.2, -0.15) is 0 Å². The van der Waals surface area contributed by atoms with Gasteiger partial charge in [-0.3, -0.25) is 0 Å². The van der Waals surface area contributed by atoms with Crippen LogP contribution >= 0.6 is 0 Å². The molecule has 1 aliphatic carbocycles. The van der Waals surface area contributed by atoms with Crippen LogP contribution in [0.2, 0.25) is 6.04 Å². The maximum Gasteiger partial charge on any atom is 0.500 e. The number of nitrogens with one attached hydrogen (secondary N) is 1. The largest absolute Gasteiger partial charge is 0.500 e. The minimum Gasteiger partial charge on any atom is -0.446 e. The average molecular weight is 486 g/mol. The zero-order valence-corrected chi connectivity index (χ0v) is 22.7. The van der Waals surface area contributed by atoms with Crippen molar-refractivity contribution in [1.29, 1.82) is 0 Å². The topological polar surface area (TPSA) is 66.0 Å². The summed E-state index contributed by atoms with van der Waals surface area (Å²) in [5.41, 5.74) is 0. The Labute approximate surface area is 204 Å². The molecule has 1 unspecified atom stereocenters. The molecule has 0 radical (unpaired) electrons. The van der Waals surface area contributed by atoms with E-state index in [1.54, 1.807) is 0 Å². The molecule has 0 spiro atoms. The minimum absolute atomic E-state index is 0.0292. The smallest absolute Gasteiger partial charge is 0.446 e. The van der Waals surface area contributed by atoms with E-state index in [0.717, 1.165) is 32.1 Å². The molecule has 0 aromatic carbocycles. The van der Waals surface area contributed by atoms with Crippen molar-refractivity contribution in [3.05, 3.63) is 12.2 Å². The summed E-state index contributed by atoms with van der Waals surface area (Å²) in [6.45, 7) is 8.13. The van der Waals surface area contributed by atoms with E-state index in [-0.39, 0.29) is 12.2 Å². The molecule has 1 rings (SSSR count). The van der Waals surface area contributed by atoms with Crippen LogP contribution in [-0.2, 0) is 18.0 Å². The lowest BCUT2D eigenvalue weighted by Gasteiger charge is -2.28. The first-order valence-electron chi connectivity index (χ1n) is 13.7. The number of hydrogen-bond donors (Lipinski definition) is 1. The van der Waals surface area contributed by atoms with Crippen molar-refractivity contribution < 1.29 is 22.8 Å². The number of amides is 1. The van der Waals surface area contributed by atoms with Crippen LogP contribution in [0.25, 0.3) is 0 Å². The quantitative estimate of drug-likeness (QED) is 0.191. The van der Waals surface area contributed by atoms with E-state index >= 15 is 0 Å². The molecule has 1 aliphatic rings. The molecule has 0 fully saturated rings. The first-order valence-corrected chi connectivity index (χ1v) is 15.6. The highest BCUT2D eigenvalue weighted by molar-refractivity contribution is 6.60. The highest BCUT2D eigenvalue weighted by Crippen LogP contribution is 2.19. The first-order chi connectivity index (χ1) is 16.2. The molecule has 1 N–H and O–H groups in total. The van der Waals surface area contributed by atoms with E-state index in [9.17, 15) is 4.79 Å². The third-order valence-electron chi connectivity index (χ3n) is 6.01. The zero-order chi connectivity index (χ0) is 24.0. The second kappa shape index (κ2) is 20.5. The van der Waals surface area contributed by atoms with Gasteiger partial charge in [-0.15, -0.1) is 0 Å². The average Bonchev–Trinajstić information content (AvgIpc) is 2.79. The van der Waals surface area contributed by atoms with Gasteiger partial charge >= 0.3 is 14.9 Å². The van der Waals surface area contributed by atoms with Gasteiger partial charge in [0.15, 0.2) is 0 Å². The summed E-state index contributed by atoms with van der Waals surface area (Å²) in [5, 5.41) is 2.94. The highest BCUT2D eigenvalue weighted by Gasteiger charge is 2.39. The summed E-state index contributed by atoms with van der Waals surface area (Å²) >= 11 is 0. The first kappa shape index (κ1) is 30.1. The van der Waals surface area contributed by atoms with Gasteiger partial charge in [0.05, 0.1) is 0 Å². The predicted molar refractivity (Wildman–Crippen MR) is 137 cm³/mol. The standard InChI is InChI=1S/C26H51NO5Si/c1-4-29-33(30-5-2,31-6-3)24-20-23-27-26(28)32-25-21-18-16-14-12-10-8-7-9-11-13-15-17-19-22-25/h7-8,25H,4-6,9-24H2,1-3H3,(H,27,28). The Kier molecular flexibility index (Phi) is 18.7. The molecular weight excluding hydrogens is 434 g/mol. The SMILES string of the molecule is CCO[Si](CCCNC(=O)OC1CCCCCCC=CCCCCCCC1)(OCC)OCC. The normalized spacial score (nSPS) is 19.8. The predicted octanol–water partition coefficient (Wildman–Crippen LogP) is 7.16. The Morgan fingerprint density at radius 2 is 1.27 bits per heavy atom. The van der Waals surface area contributed by atoms with Crippen LogP contribution in [-0.4, -0.2) is 47.4 Å². The van der Waals surface area contributed by atoms with Crippen LogP contribution in [0.3, 0.4) is 0 Å². The molecule has 0 aromatic rings. The molecule has 1 amide bonds. The van der Waals surface area contributed by atoms with Crippen molar-refractivity contribution in [2.24, 2.45) is 0 Å². The Balaban J connectivity index is 2.40. The molecule has 0 heterocycles. The van der Waals surface area contributed by atoms with E-state index in [1.165, 1.54) is 57.8 Å². The lowest BCUT2D eigenvalue weighted by atomic mass is 10.0. The van der Waals surface area contributed by atoms with E-state index in [0.29, 0.717) is 32.4 Å². The molecule has 0 aliphatic heterocycles. The van der Waals surface area contributed by atoms with Gasteiger partial charge in [0.1, 0.15) is 6.10 Å². The van der Waals surface area contributed by atoms with Crippen molar-refractivity contribution in [1.82, 2.24) is 5.32 Å². The van der Waals surface area contributed by atoms with Gasteiger partial charge < -0.3 is 23.3 Å². The Hall–Kier alpha value is -0.893. The van der Waals surface area contributed by atoms with Crippen molar-refractivity contribution >= 4 is 14.9 Å². The lowest BCUT2D eigenvalue weighted by Crippen LogP contribution is -2.46. The molecule has 0 saturated heterocycles. The molecule has 7 heteroatoms. The Bertz CT molecular complexity index is 486. The van der Waals surface area contributed by atoms with Crippen LogP contribution in [0.15, 0.2) is 12.2 Å². The number of ether oxygens (including phenoxy) is 1. The van der Waals surface area contributed by atoms with Crippen molar-refractivity contribution in [2.45, 2.75) is 123 Å². The number of allylic oxidation sites excluding steroid dienone is 2. The second-order valence-electron chi connectivity index (χ2n) is 8.85. The van der Waals surface area contributed by atoms with Crippen molar-refractivity contribution in [2.75, 3.05) is 26.4 Å². The van der Waals surface area contributed by atoms with E-state index in [4.69, 9.17) is 18.0 Å². The number of carbonyl (C=O) groups is 1. The third kappa shape index (κ3) is 15.6. The Morgan fingerprint density at radius 1 is 0.788 bits per heavy atom. The molecule has 33 heavy (non-hydrogen) atoms. The van der Waals surface area contributed by atoms with Gasteiger partial charge in [0, 0.05) is 32.4 Å². The number of alkyl carbamates (subject to hydrolysis) is 1. The Morgan fingerprint density at radius 3 is 1.79 bits per heavy atom. The summed E-state index contributed by atoms with van der Waals surface area (Å²) < 4.78 is 23.5. The molecule has 0 aromatic heterocycles. The third-order valence-corrected chi connectivity index (χ3v) is 9.16. The van der Waals surface area contributed by atoms with E-state index < -0.39 is 8.80 Å². The molecule has 194 valence electrons. The second-order valence-corrected chi connectivity index (χ2v) is 11.6. The molecule has 0 bridgehead atoms. The number of rotatable bonds is 11. The monoisotopic (exact) mass is 485 g/mol. The fraction of sp³-hybridized carbons (Fsp3) is 0.885.